The normalized spacial score (nSPS) is 12.2. The molecule has 0 bridgehead atoms. The highest BCUT2D eigenvalue weighted by molar-refractivity contribution is 7.92. The first-order valence-corrected chi connectivity index (χ1v) is 14.6. The standard InChI is InChI=1S/C26H35Cl2N3O4S/c1-6-23(26(33)29-7-2)30(17-20-12-13-21(27)22(28)16-20)25(32)9-8-14-31(36(5,34)35)24-15-18(3)10-11-19(24)4/h10-13,15-16,23H,6-9,14,17H2,1-5H3,(H,29,33). The molecule has 7 nitrogen and oxygen atoms in total. The van der Waals surface area contributed by atoms with Gasteiger partial charge in [-0.05, 0) is 68.5 Å². The van der Waals surface area contributed by atoms with Crippen LogP contribution in [0.25, 0.3) is 0 Å². The zero-order valence-corrected chi connectivity index (χ0v) is 23.8. The van der Waals surface area contributed by atoms with E-state index in [1.165, 1.54) is 9.21 Å². The minimum atomic E-state index is -3.56. The summed E-state index contributed by atoms with van der Waals surface area (Å²) in [5.74, 6) is -0.477. The molecule has 2 rings (SSSR count). The van der Waals surface area contributed by atoms with Crippen LogP contribution in [0.3, 0.4) is 0 Å². The summed E-state index contributed by atoms with van der Waals surface area (Å²) in [7, 11) is -3.56. The third kappa shape index (κ3) is 8.11. The maximum absolute atomic E-state index is 13.4. The number of nitrogens with zero attached hydrogens (tertiary/aromatic N) is 2. The van der Waals surface area contributed by atoms with Crippen LogP contribution in [0.2, 0.25) is 10.0 Å². The van der Waals surface area contributed by atoms with Crippen LogP contribution in [0, 0.1) is 13.8 Å². The first-order chi connectivity index (χ1) is 16.9. The van der Waals surface area contributed by atoms with Gasteiger partial charge in [0, 0.05) is 26.1 Å². The lowest BCUT2D eigenvalue weighted by molar-refractivity contribution is -0.141. The van der Waals surface area contributed by atoms with Gasteiger partial charge in [-0.15, -0.1) is 0 Å². The summed E-state index contributed by atoms with van der Waals surface area (Å²) in [6.45, 7) is 8.20. The molecule has 1 N–H and O–H groups in total. The van der Waals surface area contributed by atoms with Gasteiger partial charge in [-0.3, -0.25) is 13.9 Å². The molecule has 0 fully saturated rings. The molecular formula is C26H35Cl2N3O4S. The van der Waals surface area contributed by atoms with Crippen molar-refractivity contribution in [2.75, 3.05) is 23.7 Å². The van der Waals surface area contributed by atoms with Crippen LogP contribution in [-0.4, -0.2) is 50.5 Å². The quantitative estimate of drug-likeness (QED) is 0.394. The molecular weight excluding hydrogens is 521 g/mol. The van der Waals surface area contributed by atoms with Gasteiger partial charge in [0.15, 0.2) is 0 Å². The second kappa shape index (κ2) is 13.3. The summed E-state index contributed by atoms with van der Waals surface area (Å²) in [5.41, 5.74) is 3.13. The molecule has 2 aromatic rings. The lowest BCUT2D eigenvalue weighted by atomic mass is 10.1. The zero-order chi connectivity index (χ0) is 27.0. The summed E-state index contributed by atoms with van der Waals surface area (Å²) in [6, 6.07) is 10.1. The fourth-order valence-electron chi connectivity index (χ4n) is 4.02. The minimum Gasteiger partial charge on any atom is -0.355 e. The maximum atomic E-state index is 13.4. The van der Waals surface area contributed by atoms with Gasteiger partial charge in [0.05, 0.1) is 22.0 Å². The van der Waals surface area contributed by atoms with E-state index in [9.17, 15) is 18.0 Å². The number of halogens is 2. The second-order valence-corrected chi connectivity index (χ2v) is 11.5. The van der Waals surface area contributed by atoms with Crippen LogP contribution in [0.1, 0.15) is 49.8 Å². The Morgan fingerprint density at radius 1 is 1.03 bits per heavy atom. The average molecular weight is 557 g/mol. The predicted octanol–water partition coefficient (Wildman–Crippen LogP) is 5.10. The van der Waals surface area contributed by atoms with Crippen LogP contribution in [0.5, 0.6) is 0 Å². The number of aryl methyl sites for hydroxylation is 2. The Morgan fingerprint density at radius 3 is 2.31 bits per heavy atom. The number of carbonyl (C=O) groups is 2. The van der Waals surface area contributed by atoms with E-state index < -0.39 is 16.1 Å². The smallest absolute Gasteiger partial charge is 0.242 e. The molecule has 0 spiro atoms. The molecule has 0 saturated carbocycles. The number of anilines is 1. The molecule has 1 atom stereocenters. The Bertz CT molecular complexity index is 1190. The van der Waals surface area contributed by atoms with Gasteiger partial charge in [0.1, 0.15) is 6.04 Å². The Kier molecular flexibility index (Phi) is 11.1. The van der Waals surface area contributed by atoms with E-state index >= 15 is 0 Å². The predicted molar refractivity (Wildman–Crippen MR) is 147 cm³/mol. The summed E-state index contributed by atoms with van der Waals surface area (Å²) in [6.07, 6.45) is 1.96. The molecule has 36 heavy (non-hydrogen) atoms. The molecule has 0 heterocycles. The van der Waals surface area contributed by atoms with Gasteiger partial charge in [0.2, 0.25) is 21.8 Å². The highest BCUT2D eigenvalue weighted by Gasteiger charge is 2.29. The number of likely N-dealkylation sites (N-methyl/N-ethyl adjacent to an activating group) is 1. The van der Waals surface area contributed by atoms with Gasteiger partial charge in [-0.25, -0.2) is 8.42 Å². The van der Waals surface area contributed by atoms with Crippen LogP contribution < -0.4 is 9.62 Å². The van der Waals surface area contributed by atoms with Crippen molar-refractivity contribution in [3.05, 3.63) is 63.1 Å². The Labute approximate surface area is 224 Å². The fourth-order valence-corrected chi connectivity index (χ4v) is 5.35. The number of hydrogen-bond donors (Lipinski definition) is 1. The number of sulfonamides is 1. The number of carbonyl (C=O) groups excluding carboxylic acids is 2. The van der Waals surface area contributed by atoms with E-state index in [1.54, 1.807) is 18.2 Å². The lowest BCUT2D eigenvalue weighted by Crippen LogP contribution is -2.49. The third-order valence-electron chi connectivity index (χ3n) is 5.86. The van der Waals surface area contributed by atoms with Gasteiger partial charge in [0.25, 0.3) is 0 Å². The van der Waals surface area contributed by atoms with Crippen LogP contribution >= 0.6 is 23.2 Å². The summed E-state index contributed by atoms with van der Waals surface area (Å²) in [5, 5.41) is 3.57. The van der Waals surface area contributed by atoms with Crippen molar-refractivity contribution >= 4 is 50.7 Å². The fraction of sp³-hybridized carbons (Fsp3) is 0.462. The van der Waals surface area contributed by atoms with Crippen molar-refractivity contribution in [1.82, 2.24) is 10.2 Å². The summed E-state index contributed by atoms with van der Waals surface area (Å²) >= 11 is 12.2. The SMILES string of the molecule is CCNC(=O)C(CC)N(Cc1ccc(Cl)c(Cl)c1)C(=O)CCCN(c1cc(C)ccc1C)S(C)(=O)=O. The molecule has 0 aliphatic heterocycles. The van der Waals surface area contributed by atoms with Gasteiger partial charge >= 0.3 is 0 Å². The maximum Gasteiger partial charge on any atom is 0.242 e. The highest BCUT2D eigenvalue weighted by Crippen LogP contribution is 2.26. The molecule has 10 heteroatoms. The van der Waals surface area contributed by atoms with Crippen molar-refractivity contribution < 1.29 is 18.0 Å². The van der Waals surface area contributed by atoms with Crippen LogP contribution in [0.4, 0.5) is 5.69 Å². The van der Waals surface area contributed by atoms with Crippen molar-refractivity contribution in [2.24, 2.45) is 0 Å². The molecule has 0 aliphatic carbocycles. The van der Waals surface area contributed by atoms with Crippen LogP contribution in [-0.2, 0) is 26.2 Å². The molecule has 0 aromatic heterocycles. The van der Waals surface area contributed by atoms with E-state index in [4.69, 9.17) is 23.2 Å². The molecule has 2 amide bonds. The number of hydrogen-bond acceptors (Lipinski definition) is 4. The van der Waals surface area contributed by atoms with E-state index in [-0.39, 0.29) is 31.3 Å². The van der Waals surface area contributed by atoms with Gasteiger partial charge < -0.3 is 10.2 Å². The number of rotatable bonds is 12. The third-order valence-corrected chi connectivity index (χ3v) is 7.78. The van der Waals surface area contributed by atoms with Crippen molar-refractivity contribution in [3.63, 3.8) is 0 Å². The molecule has 1 unspecified atom stereocenters. The average Bonchev–Trinajstić information content (AvgIpc) is 2.80. The Balaban J connectivity index is 2.26. The summed E-state index contributed by atoms with van der Waals surface area (Å²) in [4.78, 5) is 27.7. The topological polar surface area (TPSA) is 86.8 Å². The molecule has 0 radical (unpaired) electrons. The van der Waals surface area contributed by atoms with Gasteiger partial charge in [-0.2, -0.15) is 0 Å². The molecule has 198 valence electrons. The van der Waals surface area contributed by atoms with Crippen molar-refractivity contribution in [2.45, 2.75) is 59.5 Å². The lowest BCUT2D eigenvalue weighted by Gasteiger charge is -2.31. The first-order valence-electron chi connectivity index (χ1n) is 11.9. The van der Waals surface area contributed by atoms with E-state index in [0.29, 0.717) is 35.1 Å². The second-order valence-electron chi connectivity index (χ2n) is 8.82. The largest absolute Gasteiger partial charge is 0.355 e. The zero-order valence-electron chi connectivity index (χ0n) is 21.5. The van der Waals surface area contributed by atoms with Gasteiger partial charge in [-0.1, -0.05) is 48.3 Å². The Morgan fingerprint density at radius 2 is 1.72 bits per heavy atom. The number of benzene rings is 2. The highest BCUT2D eigenvalue weighted by atomic mass is 35.5. The van der Waals surface area contributed by atoms with Crippen molar-refractivity contribution in [1.29, 1.82) is 0 Å². The van der Waals surface area contributed by atoms with E-state index in [0.717, 1.165) is 22.9 Å². The van der Waals surface area contributed by atoms with Crippen LogP contribution in [0.15, 0.2) is 36.4 Å². The van der Waals surface area contributed by atoms with E-state index in [2.05, 4.69) is 5.32 Å². The minimum absolute atomic E-state index is 0.0775. The monoisotopic (exact) mass is 555 g/mol. The first kappa shape index (κ1) is 29.9. The van der Waals surface area contributed by atoms with Crippen molar-refractivity contribution in [3.8, 4) is 0 Å². The molecule has 2 aromatic carbocycles. The molecule has 0 saturated heterocycles. The number of amides is 2. The molecule has 0 aliphatic rings. The summed E-state index contributed by atoms with van der Waals surface area (Å²) < 4.78 is 26.5. The number of nitrogens with one attached hydrogen (secondary N) is 1. The van der Waals surface area contributed by atoms with E-state index in [1.807, 2.05) is 45.9 Å². The Hall–Kier alpha value is -2.29.